The van der Waals surface area contributed by atoms with Gasteiger partial charge in [-0.1, -0.05) is 12.1 Å². The average molecular weight is 337 g/mol. The number of rotatable bonds is 2. The molecule has 1 fully saturated rings. The van der Waals surface area contributed by atoms with Gasteiger partial charge in [0.1, 0.15) is 11.9 Å². The monoisotopic (exact) mass is 337 g/mol. The maximum absolute atomic E-state index is 14.0. The van der Waals surface area contributed by atoms with E-state index in [2.05, 4.69) is 4.98 Å². The Morgan fingerprint density at radius 3 is 2.60 bits per heavy atom. The van der Waals surface area contributed by atoms with Gasteiger partial charge >= 0.3 is 0 Å². The van der Waals surface area contributed by atoms with Crippen LogP contribution in [-0.2, 0) is 9.59 Å². The smallest absolute Gasteiger partial charge is 0.257 e. The molecule has 0 unspecified atom stereocenters. The summed E-state index contributed by atoms with van der Waals surface area (Å²) in [7, 11) is 0. The normalized spacial score (nSPS) is 17.7. The van der Waals surface area contributed by atoms with Crippen molar-refractivity contribution in [3.63, 3.8) is 0 Å². The molecule has 0 N–H and O–H groups in total. The third-order valence-corrected chi connectivity index (χ3v) is 4.74. The van der Waals surface area contributed by atoms with Crippen LogP contribution in [0.3, 0.4) is 0 Å². The third kappa shape index (κ3) is 2.33. The van der Waals surface area contributed by atoms with Gasteiger partial charge in [0.05, 0.1) is 29.5 Å². The summed E-state index contributed by atoms with van der Waals surface area (Å²) in [4.78, 5) is 30.5. The summed E-state index contributed by atoms with van der Waals surface area (Å²) in [6.07, 6.45) is 1.57. The first kappa shape index (κ1) is 15.5. The first-order valence-corrected chi connectivity index (χ1v) is 8.02. The van der Waals surface area contributed by atoms with Crippen molar-refractivity contribution in [3.05, 3.63) is 59.7 Å². The van der Waals surface area contributed by atoms with Crippen LogP contribution in [-0.4, -0.2) is 21.4 Å². The van der Waals surface area contributed by atoms with E-state index in [1.165, 1.54) is 18.2 Å². The highest BCUT2D eigenvalue weighted by Gasteiger charge is 2.42. The van der Waals surface area contributed by atoms with Gasteiger partial charge in [0.25, 0.3) is 5.91 Å². The molecule has 1 aliphatic heterocycles. The van der Waals surface area contributed by atoms with E-state index in [0.717, 1.165) is 27.1 Å². The van der Waals surface area contributed by atoms with Gasteiger partial charge in [-0.25, -0.2) is 14.3 Å². The topological polar surface area (TPSA) is 55.2 Å². The van der Waals surface area contributed by atoms with Crippen molar-refractivity contribution in [2.24, 2.45) is 0 Å². The number of fused-ring (bicyclic) bond motifs is 1. The number of hydrogen-bond donors (Lipinski definition) is 0. The number of benzene rings is 2. The van der Waals surface area contributed by atoms with Gasteiger partial charge in [0, 0.05) is 0 Å². The summed E-state index contributed by atoms with van der Waals surface area (Å²) in [6.45, 7) is 3.98. The zero-order valence-electron chi connectivity index (χ0n) is 13.9. The molecule has 0 aliphatic carbocycles. The van der Waals surface area contributed by atoms with E-state index in [1.807, 2.05) is 26.0 Å². The van der Waals surface area contributed by atoms with Crippen LogP contribution in [0.2, 0.25) is 0 Å². The van der Waals surface area contributed by atoms with E-state index in [0.29, 0.717) is 0 Å². The highest BCUT2D eigenvalue weighted by molar-refractivity contribution is 6.22. The second kappa shape index (κ2) is 5.51. The fraction of sp³-hybridized carbons (Fsp3) is 0.211. The number of aryl methyl sites for hydroxylation is 2. The Morgan fingerprint density at radius 1 is 1.12 bits per heavy atom. The molecule has 6 heteroatoms. The van der Waals surface area contributed by atoms with E-state index in [-0.39, 0.29) is 12.1 Å². The van der Waals surface area contributed by atoms with Gasteiger partial charge in [0.2, 0.25) is 5.91 Å². The molecule has 1 atom stereocenters. The summed E-state index contributed by atoms with van der Waals surface area (Å²) in [5.74, 6) is -1.44. The van der Waals surface area contributed by atoms with Crippen molar-refractivity contribution in [1.82, 2.24) is 9.55 Å². The van der Waals surface area contributed by atoms with Crippen LogP contribution in [0.5, 0.6) is 0 Å². The lowest BCUT2D eigenvalue weighted by Crippen LogP contribution is -2.31. The number of halogens is 1. The largest absolute Gasteiger partial charge is 0.317 e. The molecule has 2 aromatic carbocycles. The number of amides is 2. The number of carbonyl (C=O) groups is 2. The van der Waals surface area contributed by atoms with E-state index in [9.17, 15) is 14.0 Å². The van der Waals surface area contributed by atoms with E-state index >= 15 is 0 Å². The minimum Gasteiger partial charge on any atom is -0.317 e. The molecule has 0 bridgehead atoms. The Hall–Kier alpha value is -3.02. The molecule has 1 saturated heterocycles. The molecule has 2 heterocycles. The highest BCUT2D eigenvalue weighted by atomic mass is 19.1. The van der Waals surface area contributed by atoms with E-state index < -0.39 is 23.7 Å². The molecule has 25 heavy (non-hydrogen) atoms. The summed E-state index contributed by atoms with van der Waals surface area (Å²) in [5.41, 5.74) is 3.75. The number of imide groups is 1. The van der Waals surface area contributed by atoms with E-state index in [1.54, 1.807) is 17.0 Å². The van der Waals surface area contributed by atoms with Crippen molar-refractivity contribution in [2.45, 2.75) is 26.3 Å². The summed E-state index contributed by atoms with van der Waals surface area (Å²) >= 11 is 0. The lowest BCUT2D eigenvalue weighted by atomic mass is 10.1. The summed E-state index contributed by atoms with van der Waals surface area (Å²) in [5, 5.41) is 0. The predicted octanol–water partition coefficient (Wildman–Crippen LogP) is 3.30. The molecule has 2 amide bonds. The van der Waals surface area contributed by atoms with Gasteiger partial charge < -0.3 is 4.57 Å². The van der Waals surface area contributed by atoms with Crippen molar-refractivity contribution < 1.29 is 14.0 Å². The Balaban J connectivity index is 1.78. The molecule has 0 spiro atoms. The summed E-state index contributed by atoms with van der Waals surface area (Å²) in [6, 6.07) is 9.01. The summed E-state index contributed by atoms with van der Waals surface area (Å²) < 4.78 is 15.8. The zero-order chi connectivity index (χ0) is 17.7. The minimum absolute atomic E-state index is 0.00329. The molecular weight excluding hydrogens is 321 g/mol. The van der Waals surface area contributed by atoms with Crippen LogP contribution in [0.1, 0.15) is 23.6 Å². The highest BCUT2D eigenvalue weighted by Crippen LogP contribution is 2.33. The number of para-hydroxylation sites is 1. The van der Waals surface area contributed by atoms with Crippen molar-refractivity contribution in [2.75, 3.05) is 4.90 Å². The maximum Gasteiger partial charge on any atom is 0.257 e. The molecule has 0 saturated carbocycles. The molecule has 126 valence electrons. The Kier molecular flexibility index (Phi) is 3.42. The van der Waals surface area contributed by atoms with Crippen molar-refractivity contribution in [3.8, 4) is 0 Å². The average Bonchev–Trinajstić information content (AvgIpc) is 3.09. The quantitative estimate of drug-likeness (QED) is 0.674. The van der Waals surface area contributed by atoms with Gasteiger partial charge in [-0.2, -0.15) is 0 Å². The van der Waals surface area contributed by atoms with Crippen LogP contribution in [0.15, 0.2) is 42.7 Å². The molecule has 0 radical (unpaired) electrons. The number of carbonyl (C=O) groups excluding carboxylic acids is 2. The third-order valence-electron chi connectivity index (χ3n) is 4.74. The first-order chi connectivity index (χ1) is 12.0. The van der Waals surface area contributed by atoms with Crippen LogP contribution >= 0.6 is 0 Å². The molecular formula is C19H16FN3O2. The Morgan fingerprint density at radius 2 is 1.84 bits per heavy atom. The molecule has 1 aromatic heterocycles. The standard InChI is InChI=1S/C19H16FN3O2/c1-11-7-14-16(8-12(11)2)22(10-21-14)17-9-18(24)23(19(17)25)15-6-4-3-5-13(15)20/h3-8,10,17H,9H2,1-2H3/t17-/m0/s1. The van der Waals surface area contributed by atoms with Crippen molar-refractivity contribution in [1.29, 1.82) is 0 Å². The van der Waals surface area contributed by atoms with Crippen LogP contribution in [0, 0.1) is 19.7 Å². The molecule has 3 aromatic rings. The lowest BCUT2D eigenvalue weighted by molar-refractivity contribution is -0.122. The SMILES string of the molecule is Cc1cc2ncn([C@H]3CC(=O)N(c4ccccc4F)C3=O)c2cc1C. The van der Waals surface area contributed by atoms with Gasteiger partial charge in [0.15, 0.2) is 0 Å². The first-order valence-electron chi connectivity index (χ1n) is 8.02. The van der Waals surface area contributed by atoms with Crippen LogP contribution in [0.25, 0.3) is 11.0 Å². The van der Waals surface area contributed by atoms with Crippen LogP contribution in [0.4, 0.5) is 10.1 Å². The number of nitrogens with zero attached hydrogens (tertiary/aromatic N) is 3. The number of anilines is 1. The zero-order valence-corrected chi connectivity index (χ0v) is 13.9. The lowest BCUT2D eigenvalue weighted by Gasteiger charge is -2.16. The fourth-order valence-corrected chi connectivity index (χ4v) is 3.25. The maximum atomic E-state index is 14.0. The number of imidazole rings is 1. The van der Waals surface area contributed by atoms with Crippen LogP contribution < -0.4 is 4.90 Å². The molecule has 4 rings (SSSR count). The van der Waals surface area contributed by atoms with Gasteiger partial charge in [-0.3, -0.25) is 9.59 Å². The fourth-order valence-electron chi connectivity index (χ4n) is 3.25. The second-order valence-electron chi connectivity index (χ2n) is 6.32. The Labute approximate surface area is 143 Å². The van der Waals surface area contributed by atoms with Gasteiger partial charge in [-0.05, 0) is 49.2 Å². The number of hydrogen-bond acceptors (Lipinski definition) is 3. The predicted molar refractivity (Wildman–Crippen MR) is 91.8 cm³/mol. The van der Waals surface area contributed by atoms with E-state index in [4.69, 9.17) is 0 Å². The Bertz CT molecular complexity index is 1020. The number of aromatic nitrogens is 2. The minimum atomic E-state index is -0.709. The molecule has 1 aliphatic rings. The molecule has 5 nitrogen and oxygen atoms in total. The van der Waals surface area contributed by atoms with Crippen molar-refractivity contribution >= 4 is 28.5 Å². The van der Waals surface area contributed by atoms with Gasteiger partial charge in [-0.15, -0.1) is 0 Å². The second-order valence-corrected chi connectivity index (χ2v) is 6.32.